The van der Waals surface area contributed by atoms with E-state index in [0.717, 1.165) is 12.5 Å². The summed E-state index contributed by atoms with van der Waals surface area (Å²) in [6.45, 7) is 1.13. The number of benzene rings is 1. The molecule has 0 aliphatic carbocycles. The Morgan fingerprint density at radius 3 is 2.78 bits per heavy atom. The highest BCUT2D eigenvalue weighted by Crippen LogP contribution is 2.25. The monoisotopic (exact) mass is 256 g/mol. The van der Waals surface area contributed by atoms with Gasteiger partial charge in [0.2, 0.25) is 0 Å². The molecule has 0 fully saturated rings. The number of carboxylic acid groups (broad SMARTS) is 1. The highest BCUT2D eigenvalue weighted by Gasteiger charge is 2.15. The van der Waals surface area contributed by atoms with E-state index in [1.165, 1.54) is 6.07 Å². The van der Waals surface area contributed by atoms with Gasteiger partial charge in [0, 0.05) is 33.0 Å². The number of methoxy groups -OCH3 is 1. The SMILES string of the molecule is COCCCN(C)c1cc(C(=O)O)c(N)cc1F. The van der Waals surface area contributed by atoms with Crippen LogP contribution >= 0.6 is 0 Å². The maximum atomic E-state index is 13.7. The van der Waals surface area contributed by atoms with Crippen molar-refractivity contribution in [3.63, 3.8) is 0 Å². The predicted octanol–water partition coefficient (Wildman–Crippen LogP) is 1.58. The molecule has 1 rings (SSSR count). The Morgan fingerprint density at radius 1 is 1.56 bits per heavy atom. The molecule has 0 saturated heterocycles. The van der Waals surface area contributed by atoms with Crippen LogP contribution in [0.2, 0.25) is 0 Å². The lowest BCUT2D eigenvalue weighted by Gasteiger charge is -2.20. The number of nitrogen functional groups attached to an aromatic ring is 1. The first-order chi connectivity index (χ1) is 8.47. The Bertz CT molecular complexity index is 438. The summed E-state index contributed by atoms with van der Waals surface area (Å²) in [7, 11) is 3.28. The number of rotatable bonds is 6. The molecular weight excluding hydrogens is 239 g/mol. The zero-order valence-corrected chi connectivity index (χ0v) is 10.4. The molecule has 0 heterocycles. The maximum absolute atomic E-state index is 13.7. The van der Waals surface area contributed by atoms with Gasteiger partial charge in [-0.05, 0) is 18.6 Å². The fourth-order valence-electron chi connectivity index (χ4n) is 1.62. The predicted molar refractivity (Wildman–Crippen MR) is 67.5 cm³/mol. The van der Waals surface area contributed by atoms with Crippen molar-refractivity contribution in [2.45, 2.75) is 6.42 Å². The quantitative estimate of drug-likeness (QED) is 0.597. The van der Waals surface area contributed by atoms with Gasteiger partial charge >= 0.3 is 5.97 Å². The largest absolute Gasteiger partial charge is 0.478 e. The van der Waals surface area contributed by atoms with Gasteiger partial charge in [-0.2, -0.15) is 0 Å². The summed E-state index contributed by atoms with van der Waals surface area (Å²) in [6.07, 6.45) is 0.721. The van der Waals surface area contributed by atoms with E-state index in [9.17, 15) is 9.18 Å². The van der Waals surface area contributed by atoms with Crippen molar-refractivity contribution in [2.24, 2.45) is 0 Å². The van der Waals surface area contributed by atoms with Gasteiger partial charge in [-0.25, -0.2) is 9.18 Å². The van der Waals surface area contributed by atoms with Gasteiger partial charge < -0.3 is 20.5 Å². The Kier molecular flexibility index (Phi) is 4.91. The number of nitrogens with two attached hydrogens (primary N) is 1. The van der Waals surface area contributed by atoms with E-state index in [1.54, 1.807) is 19.1 Å². The van der Waals surface area contributed by atoms with Crippen LogP contribution in [0.3, 0.4) is 0 Å². The van der Waals surface area contributed by atoms with Crippen LogP contribution in [0, 0.1) is 5.82 Å². The molecule has 0 bridgehead atoms. The number of hydrogen-bond donors (Lipinski definition) is 2. The molecule has 3 N–H and O–H groups in total. The lowest BCUT2D eigenvalue weighted by Crippen LogP contribution is -2.21. The van der Waals surface area contributed by atoms with Crippen molar-refractivity contribution >= 4 is 17.3 Å². The van der Waals surface area contributed by atoms with E-state index >= 15 is 0 Å². The standard InChI is InChI=1S/C12H17FN2O3/c1-15(4-3-5-18-2)11-6-8(12(16)17)10(14)7-9(11)13/h6-7H,3-5,14H2,1-2H3,(H,16,17). The van der Waals surface area contributed by atoms with Gasteiger partial charge in [0.1, 0.15) is 5.82 Å². The van der Waals surface area contributed by atoms with Gasteiger partial charge in [-0.15, -0.1) is 0 Å². The van der Waals surface area contributed by atoms with E-state index in [4.69, 9.17) is 15.6 Å². The van der Waals surface area contributed by atoms with Crippen LogP contribution in [0.25, 0.3) is 0 Å². The molecule has 0 radical (unpaired) electrons. The molecule has 0 aliphatic rings. The Morgan fingerprint density at radius 2 is 2.22 bits per heavy atom. The summed E-state index contributed by atoms with van der Waals surface area (Å²) in [5, 5.41) is 8.94. The third-order valence-electron chi connectivity index (χ3n) is 2.60. The normalized spacial score (nSPS) is 10.4. The fraction of sp³-hybridized carbons (Fsp3) is 0.417. The van der Waals surface area contributed by atoms with E-state index in [-0.39, 0.29) is 16.9 Å². The number of aromatic carboxylic acids is 1. The number of anilines is 2. The molecule has 0 atom stereocenters. The zero-order chi connectivity index (χ0) is 13.7. The van der Waals surface area contributed by atoms with E-state index in [1.807, 2.05) is 0 Å². The molecule has 0 aromatic heterocycles. The molecule has 1 aromatic carbocycles. The molecule has 0 saturated carbocycles. The minimum absolute atomic E-state index is 0.0750. The van der Waals surface area contributed by atoms with Gasteiger partial charge in [-0.3, -0.25) is 0 Å². The van der Waals surface area contributed by atoms with E-state index in [2.05, 4.69) is 0 Å². The molecule has 0 spiro atoms. The zero-order valence-electron chi connectivity index (χ0n) is 10.4. The Labute approximate surface area is 105 Å². The lowest BCUT2D eigenvalue weighted by molar-refractivity contribution is 0.0698. The topological polar surface area (TPSA) is 75.8 Å². The fourth-order valence-corrected chi connectivity index (χ4v) is 1.62. The van der Waals surface area contributed by atoms with Crippen molar-refractivity contribution in [2.75, 3.05) is 37.9 Å². The molecule has 5 nitrogen and oxygen atoms in total. The number of carboxylic acids is 1. The van der Waals surface area contributed by atoms with Crippen LogP contribution in [-0.2, 0) is 4.74 Å². The maximum Gasteiger partial charge on any atom is 0.337 e. The third-order valence-corrected chi connectivity index (χ3v) is 2.60. The number of ether oxygens (including phenoxy) is 1. The third kappa shape index (κ3) is 3.33. The lowest BCUT2D eigenvalue weighted by atomic mass is 10.1. The van der Waals surface area contributed by atoms with Gasteiger partial charge in [-0.1, -0.05) is 0 Å². The van der Waals surface area contributed by atoms with E-state index < -0.39 is 11.8 Å². The van der Waals surface area contributed by atoms with Crippen LogP contribution in [0.1, 0.15) is 16.8 Å². The molecular formula is C12H17FN2O3. The number of halogens is 1. The smallest absolute Gasteiger partial charge is 0.337 e. The summed E-state index contributed by atoms with van der Waals surface area (Å²) in [5.74, 6) is -1.70. The molecule has 0 amide bonds. The first kappa shape index (κ1) is 14.2. The van der Waals surface area contributed by atoms with Crippen molar-refractivity contribution < 1.29 is 19.0 Å². The van der Waals surface area contributed by atoms with Crippen molar-refractivity contribution in [3.8, 4) is 0 Å². The number of carbonyl (C=O) groups is 1. The van der Waals surface area contributed by atoms with Gasteiger partial charge in [0.05, 0.1) is 11.3 Å². The average molecular weight is 256 g/mol. The van der Waals surface area contributed by atoms with Crippen molar-refractivity contribution in [3.05, 3.63) is 23.5 Å². The second-order valence-corrected chi connectivity index (χ2v) is 3.96. The molecule has 18 heavy (non-hydrogen) atoms. The van der Waals surface area contributed by atoms with Crippen LogP contribution in [-0.4, -0.2) is 38.4 Å². The molecule has 0 aliphatic heterocycles. The van der Waals surface area contributed by atoms with Crippen LogP contribution in [0.4, 0.5) is 15.8 Å². The molecule has 100 valence electrons. The van der Waals surface area contributed by atoms with Crippen molar-refractivity contribution in [1.29, 1.82) is 0 Å². The Hall–Kier alpha value is -1.82. The highest BCUT2D eigenvalue weighted by molar-refractivity contribution is 5.94. The molecule has 0 unspecified atom stereocenters. The van der Waals surface area contributed by atoms with Gasteiger partial charge in [0.15, 0.2) is 0 Å². The number of nitrogens with zero attached hydrogens (tertiary/aromatic N) is 1. The van der Waals surface area contributed by atoms with Crippen LogP contribution in [0.15, 0.2) is 12.1 Å². The number of hydrogen-bond acceptors (Lipinski definition) is 4. The van der Waals surface area contributed by atoms with Gasteiger partial charge in [0.25, 0.3) is 0 Å². The van der Waals surface area contributed by atoms with Crippen molar-refractivity contribution in [1.82, 2.24) is 0 Å². The summed E-state index contributed by atoms with van der Waals surface area (Å²) < 4.78 is 18.6. The molecule has 1 aromatic rings. The highest BCUT2D eigenvalue weighted by atomic mass is 19.1. The Balaban J connectivity index is 2.93. The summed E-state index contributed by atoms with van der Waals surface area (Å²) in [5.41, 5.74) is 5.51. The second-order valence-electron chi connectivity index (χ2n) is 3.96. The van der Waals surface area contributed by atoms with Crippen LogP contribution in [0.5, 0.6) is 0 Å². The summed E-state index contributed by atoms with van der Waals surface area (Å²) in [6, 6.07) is 2.28. The summed E-state index contributed by atoms with van der Waals surface area (Å²) >= 11 is 0. The van der Waals surface area contributed by atoms with Crippen LogP contribution < -0.4 is 10.6 Å². The van der Waals surface area contributed by atoms with E-state index in [0.29, 0.717) is 13.2 Å². The minimum atomic E-state index is -1.17. The second kappa shape index (κ2) is 6.20. The first-order valence-corrected chi connectivity index (χ1v) is 5.49. The molecule has 6 heteroatoms. The summed E-state index contributed by atoms with van der Waals surface area (Å²) in [4.78, 5) is 12.6. The minimum Gasteiger partial charge on any atom is -0.478 e. The first-order valence-electron chi connectivity index (χ1n) is 5.49. The average Bonchev–Trinajstić information content (AvgIpc) is 2.28.